The number of nitro groups is 1. The van der Waals surface area contributed by atoms with Crippen LogP contribution in [0.25, 0.3) is 0 Å². The number of hydrogen-bond donors (Lipinski definition) is 2. The molecule has 1 aliphatic rings. The number of aliphatic hydroxyl groups is 1. The summed E-state index contributed by atoms with van der Waals surface area (Å²) in [6.45, 7) is 1.09. The largest absolute Gasteiger partial charge is 0.486 e. The van der Waals surface area contributed by atoms with Crippen molar-refractivity contribution in [2.45, 2.75) is 12.2 Å². The first kappa shape index (κ1) is 10.8. The van der Waals surface area contributed by atoms with Crippen molar-refractivity contribution in [3.05, 3.63) is 34.4 Å². The Labute approximate surface area is 92.0 Å². The van der Waals surface area contributed by atoms with Gasteiger partial charge in [-0.1, -0.05) is 0 Å². The Hall–Kier alpha value is -1.66. The van der Waals surface area contributed by atoms with Gasteiger partial charge in [-0.2, -0.15) is 0 Å². The summed E-state index contributed by atoms with van der Waals surface area (Å²) in [5.74, 6) is 0.526. The number of rotatable bonds is 3. The highest BCUT2D eigenvalue weighted by Crippen LogP contribution is 2.19. The van der Waals surface area contributed by atoms with Crippen molar-refractivity contribution in [2.75, 3.05) is 13.1 Å². The molecule has 0 saturated carbocycles. The molecule has 16 heavy (non-hydrogen) atoms. The molecule has 0 aromatic heterocycles. The molecule has 6 nitrogen and oxygen atoms in total. The second-order valence-corrected chi connectivity index (χ2v) is 3.63. The number of ether oxygens (including phenoxy) is 1. The van der Waals surface area contributed by atoms with Gasteiger partial charge in [0.25, 0.3) is 5.69 Å². The second kappa shape index (κ2) is 4.46. The maximum atomic E-state index is 10.4. The van der Waals surface area contributed by atoms with Crippen LogP contribution in [0.1, 0.15) is 0 Å². The van der Waals surface area contributed by atoms with Crippen LogP contribution in [-0.4, -0.2) is 35.3 Å². The van der Waals surface area contributed by atoms with Gasteiger partial charge in [-0.25, -0.2) is 0 Å². The zero-order valence-electron chi connectivity index (χ0n) is 8.50. The number of nitro benzene ring substituents is 1. The van der Waals surface area contributed by atoms with Gasteiger partial charge in [-0.3, -0.25) is 10.1 Å². The number of β-amino-alcohol motifs (C(OH)–C–C–N with tert-alkyl or cyclic N) is 1. The first-order chi connectivity index (χ1) is 7.66. The van der Waals surface area contributed by atoms with Crippen LogP contribution in [0, 0.1) is 10.1 Å². The zero-order chi connectivity index (χ0) is 11.5. The van der Waals surface area contributed by atoms with Gasteiger partial charge in [0.2, 0.25) is 0 Å². The van der Waals surface area contributed by atoms with Gasteiger partial charge < -0.3 is 15.2 Å². The molecule has 2 rings (SSSR count). The van der Waals surface area contributed by atoms with E-state index in [-0.39, 0.29) is 11.8 Å². The smallest absolute Gasteiger partial charge is 0.269 e. The van der Waals surface area contributed by atoms with E-state index in [4.69, 9.17) is 4.74 Å². The predicted octanol–water partition coefficient (Wildman–Crippen LogP) is 0.306. The molecule has 1 aromatic rings. The Bertz CT molecular complexity index is 379. The third kappa shape index (κ3) is 2.29. The molecule has 0 amide bonds. The monoisotopic (exact) mass is 224 g/mol. The lowest BCUT2D eigenvalue weighted by Gasteiger charge is -2.15. The highest BCUT2D eigenvalue weighted by atomic mass is 16.6. The van der Waals surface area contributed by atoms with E-state index in [0.717, 1.165) is 0 Å². The molecule has 2 unspecified atom stereocenters. The average Bonchev–Trinajstić information content (AvgIpc) is 2.65. The van der Waals surface area contributed by atoms with Crippen LogP contribution >= 0.6 is 0 Å². The summed E-state index contributed by atoms with van der Waals surface area (Å²) in [6.07, 6.45) is -0.823. The number of aliphatic hydroxyl groups excluding tert-OH is 1. The molecular weight excluding hydrogens is 212 g/mol. The number of benzene rings is 1. The Kier molecular flexibility index (Phi) is 3.02. The van der Waals surface area contributed by atoms with Crippen molar-refractivity contribution in [2.24, 2.45) is 0 Å². The van der Waals surface area contributed by atoms with E-state index in [2.05, 4.69) is 5.32 Å². The lowest BCUT2D eigenvalue weighted by Crippen LogP contribution is -2.29. The van der Waals surface area contributed by atoms with Crippen LogP contribution in [0.2, 0.25) is 0 Å². The first-order valence-electron chi connectivity index (χ1n) is 4.97. The van der Waals surface area contributed by atoms with Gasteiger partial charge in [0.1, 0.15) is 18.0 Å². The fourth-order valence-electron chi connectivity index (χ4n) is 1.58. The summed E-state index contributed by atoms with van der Waals surface area (Å²) in [6, 6.07) is 5.82. The fraction of sp³-hybridized carbons (Fsp3) is 0.400. The fourth-order valence-corrected chi connectivity index (χ4v) is 1.58. The number of non-ortho nitro benzene ring substituents is 1. The Morgan fingerprint density at radius 1 is 1.38 bits per heavy atom. The molecule has 86 valence electrons. The van der Waals surface area contributed by atoms with Gasteiger partial charge in [0.05, 0.1) is 4.92 Å². The zero-order valence-corrected chi connectivity index (χ0v) is 8.50. The van der Waals surface area contributed by atoms with E-state index >= 15 is 0 Å². The van der Waals surface area contributed by atoms with Gasteiger partial charge in [0, 0.05) is 25.2 Å². The molecule has 0 bridgehead atoms. The van der Waals surface area contributed by atoms with Crippen LogP contribution in [0.3, 0.4) is 0 Å². The first-order valence-corrected chi connectivity index (χ1v) is 4.97. The Morgan fingerprint density at radius 3 is 2.56 bits per heavy atom. The van der Waals surface area contributed by atoms with Crippen LogP contribution in [-0.2, 0) is 0 Å². The molecule has 2 N–H and O–H groups in total. The van der Waals surface area contributed by atoms with Crippen LogP contribution in [0.15, 0.2) is 24.3 Å². The molecule has 1 saturated heterocycles. The van der Waals surface area contributed by atoms with Gasteiger partial charge >= 0.3 is 0 Å². The predicted molar refractivity (Wildman–Crippen MR) is 56.4 cm³/mol. The molecule has 1 aliphatic heterocycles. The molecule has 0 aliphatic carbocycles. The molecule has 1 aromatic carbocycles. The molecule has 0 spiro atoms. The van der Waals surface area contributed by atoms with Crippen LogP contribution < -0.4 is 10.1 Å². The van der Waals surface area contributed by atoms with E-state index in [1.807, 2.05) is 0 Å². The van der Waals surface area contributed by atoms with Gasteiger partial charge in [-0.15, -0.1) is 0 Å². The third-order valence-corrected chi connectivity index (χ3v) is 2.46. The number of hydrogen-bond acceptors (Lipinski definition) is 5. The average molecular weight is 224 g/mol. The van der Waals surface area contributed by atoms with Gasteiger partial charge in [0.15, 0.2) is 0 Å². The molecule has 6 heteroatoms. The molecule has 0 radical (unpaired) electrons. The standard InChI is InChI=1S/C10H12N2O4/c13-9-5-11-6-10(9)16-8-3-1-7(2-4-8)12(14)15/h1-4,9-11,13H,5-6H2. The molecule has 2 atom stereocenters. The van der Waals surface area contributed by atoms with E-state index in [9.17, 15) is 15.2 Å². The van der Waals surface area contributed by atoms with Crippen molar-refractivity contribution >= 4 is 5.69 Å². The number of nitrogens with one attached hydrogen (secondary N) is 1. The SMILES string of the molecule is O=[N+]([O-])c1ccc(OC2CNCC2O)cc1. The molecular formula is C10H12N2O4. The van der Waals surface area contributed by atoms with Crippen molar-refractivity contribution < 1.29 is 14.8 Å². The van der Waals surface area contributed by atoms with E-state index < -0.39 is 11.0 Å². The normalized spacial score (nSPS) is 24.3. The number of nitrogens with zero attached hydrogens (tertiary/aromatic N) is 1. The summed E-state index contributed by atoms with van der Waals surface area (Å²) in [5.41, 5.74) is 0.0254. The van der Waals surface area contributed by atoms with E-state index in [1.54, 1.807) is 0 Å². The lowest BCUT2D eigenvalue weighted by molar-refractivity contribution is -0.384. The summed E-state index contributed by atoms with van der Waals surface area (Å²) in [4.78, 5) is 9.96. The lowest BCUT2D eigenvalue weighted by atomic mass is 10.2. The molecule has 1 fully saturated rings. The molecule has 1 heterocycles. The van der Waals surface area contributed by atoms with Crippen molar-refractivity contribution in [3.63, 3.8) is 0 Å². The minimum atomic E-state index is -0.532. The van der Waals surface area contributed by atoms with Crippen molar-refractivity contribution in [1.82, 2.24) is 5.32 Å². The third-order valence-electron chi connectivity index (χ3n) is 2.46. The highest BCUT2D eigenvalue weighted by molar-refractivity contribution is 5.36. The van der Waals surface area contributed by atoms with E-state index in [1.165, 1.54) is 24.3 Å². The maximum Gasteiger partial charge on any atom is 0.269 e. The summed E-state index contributed by atoms with van der Waals surface area (Å²) < 4.78 is 5.49. The van der Waals surface area contributed by atoms with Crippen LogP contribution in [0.4, 0.5) is 5.69 Å². The van der Waals surface area contributed by atoms with Gasteiger partial charge in [-0.05, 0) is 12.1 Å². The summed E-state index contributed by atoms with van der Waals surface area (Å²) >= 11 is 0. The maximum absolute atomic E-state index is 10.4. The topological polar surface area (TPSA) is 84.6 Å². The minimum absolute atomic E-state index is 0.0254. The Morgan fingerprint density at radius 2 is 2.06 bits per heavy atom. The van der Waals surface area contributed by atoms with Crippen molar-refractivity contribution in [1.29, 1.82) is 0 Å². The summed E-state index contributed by atoms with van der Waals surface area (Å²) in [7, 11) is 0. The van der Waals surface area contributed by atoms with Crippen LogP contribution in [0.5, 0.6) is 5.75 Å². The van der Waals surface area contributed by atoms with E-state index in [0.29, 0.717) is 18.8 Å². The minimum Gasteiger partial charge on any atom is -0.486 e. The Balaban J connectivity index is 2.02. The second-order valence-electron chi connectivity index (χ2n) is 3.63. The van der Waals surface area contributed by atoms with Crippen molar-refractivity contribution in [3.8, 4) is 5.75 Å². The summed E-state index contributed by atoms with van der Waals surface area (Å²) in [5, 5.41) is 22.9. The quantitative estimate of drug-likeness (QED) is 0.570. The highest BCUT2D eigenvalue weighted by Gasteiger charge is 2.26.